The molecule has 0 saturated carbocycles. The molecule has 17 heavy (non-hydrogen) atoms. The summed E-state index contributed by atoms with van der Waals surface area (Å²) in [4.78, 5) is 32.1. The van der Waals surface area contributed by atoms with Crippen LogP contribution in [0.4, 0.5) is 10.1 Å². The largest absolute Gasteiger partial charge is 0.478 e. The average Bonchev–Trinajstić information content (AvgIpc) is 2.21. The van der Waals surface area contributed by atoms with Gasteiger partial charge in [0, 0.05) is 3.57 Å². The van der Waals surface area contributed by atoms with Crippen molar-refractivity contribution >= 4 is 46.4 Å². The van der Waals surface area contributed by atoms with E-state index in [9.17, 15) is 18.8 Å². The second kappa shape index (κ2) is 5.71. The molecule has 0 spiro atoms. The molecule has 0 saturated heterocycles. The summed E-state index contributed by atoms with van der Waals surface area (Å²) >= 11 is 1.76. The number of hydrogen-bond donors (Lipinski definition) is 2. The highest BCUT2D eigenvalue weighted by atomic mass is 127. The minimum absolute atomic E-state index is 0.348. The molecule has 0 unspecified atom stereocenters. The van der Waals surface area contributed by atoms with E-state index in [0.29, 0.717) is 9.86 Å². The third-order valence-electron chi connectivity index (χ3n) is 1.82. The van der Waals surface area contributed by atoms with E-state index < -0.39 is 29.8 Å². The Morgan fingerprint density at radius 1 is 1.47 bits per heavy atom. The topological polar surface area (TPSA) is 83.5 Å². The Kier molecular flexibility index (Phi) is 4.55. The number of amides is 1. The maximum Gasteiger partial charge on any atom is 0.337 e. The molecule has 7 heteroatoms. The second-order valence-corrected chi connectivity index (χ2v) is 4.28. The van der Waals surface area contributed by atoms with Crippen LogP contribution in [-0.4, -0.2) is 23.3 Å². The van der Waals surface area contributed by atoms with Crippen molar-refractivity contribution in [1.29, 1.82) is 0 Å². The summed E-state index contributed by atoms with van der Waals surface area (Å²) < 4.78 is 13.9. The first-order valence-electron chi connectivity index (χ1n) is 4.41. The van der Waals surface area contributed by atoms with Crippen molar-refractivity contribution in [3.05, 3.63) is 27.1 Å². The van der Waals surface area contributed by atoms with E-state index in [0.717, 1.165) is 6.07 Å². The van der Waals surface area contributed by atoms with Gasteiger partial charge in [-0.05, 0) is 34.7 Å². The van der Waals surface area contributed by atoms with Gasteiger partial charge in [0.05, 0.1) is 17.7 Å². The van der Waals surface area contributed by atoms with Gasteiger partial charge in [0.15, 0.2) is 0 Å². The summed E-state index contributed by atoms with van der Waals surface area (Å²) in [6.45, 7) is 0. The number of carboxylic acids is 1. The van der Waals surface area contributed by atoms with Gasteiger partial charge >= 0.3 is 5.97 Å². The van der Waals surface area contributed by atoms with Gasteiger partial charge in [-0.25, -0.2) is 9.18 Å². The standard InChI is InChI=1S/C10H7FINO4/c11-7-4-5(12)3-6(10(16)17)9(7)13-8(15)1-2-14/h2-4H,1H2,(H,13,15)(H,16,17). The number of rotatable bonds is 4. The summed E-state index contributed by atoms with van der Waals surface area (Å²) in [5.41, 5.74) is -0.779. The molecule has 90 valence electrons. The molecule has 0 radical (unpaired) electrons. The molecule has 0 aliphatic carbocycles. The maximum atomic E-state index is 13.5. The monoisotopic (exact) mass is 351 g/mol. The highest BCUT2D eigenvalue weighted by molar-refractivity contribution is 14.1. The lowest BCUT2D eigenvalue weighted by atomic mass is 10.1. The Hall–Kier alpha value is -1.51. The number of aldehydes is 1. The van der Waals surface area contributed by atoms with Gasteiger partial charge in [-0.3, -0.25) is 4.79 Å². The van der Waals surface area contributed by atoms with E-state index in [1.54, 1.807) is 22.6 Å². The van der Waals surface area contributed by atoms with E-state index in [-0.39, 0.29) is 5.56 Å². The van der Waals surface area contributed by atoms with Crippen LogP contribution in [0.3, 0.4) is 0 Å². The molecule has 1 aromatic carbocycles. The maximum absolute atomic E-state index is 13.5. The van der Waals surface area contributed by atoms with Crippen LogP contribution in [0.5, 0.6) is 0 Å². The van der Waals surface area contributed by atoms with E-state index in [1.165, 1.54) is 6.07 Å². The Morgan fingerprint density at radius 3 is 2.65 bits per heavy atom. The number of benzene rings is 1. The molecule has 1 rings (SSSR count). The molecule has 0 bridgehead atoms. The average molecular weight is 351 g/mol. The third-order valence-corrected chi connectivity index (χ3v) is 2.44. The minimum Gasteiger partial charge on any atom is -0.478 e. The van der Waals surface area contributed by atoms with Gasteiger partial charge in [-0.2, -0.15) is 0 Å². The fourth-order valence-corrected chi connectivity index (χ4v) is 1.72. The molecule has 0 aliphatic rings. The number of carboxylic acid groups (broad SMARTS) is 1. The molecule has 0 aliphatic heterocycles. The van der Waals surface area contributed by atoms with Gasteiger partial charge < -0.3 is 15.2 Å². The van der Waals surface area contributed by atoms with Gasteiger partial charge in [-0.1, -0.05) is 0 Å². The van der Waals surface area contributed by atoms with Gasteiger partial charge in [-0.15, -0.1) is 0 Å². The molecule has 0 aromatic heterocycles. The summed E-state index contributed by atoms with van der Waals surface area (Å²) in [6, 6.07) is 2.31. The fraction of sp³-hybridized carbons (Fsp3) is 0.100. The zero-order valence-corrected chi connectivity index (χ0v) is 10.5. The third kappa shape index (κ3) is 3.48. The molecule has 2 N–H and O–H groups in total. The molecule has 0 heterocycles. The normalized spacial score (nSPS) is 9.76. The Morgan fingerprint density at radius 2 is 2.12 bits per heavy atom. The van der Waals surface area contributed by atoms with Gasteiger partial charge in [0.2, 0.25) is 5.91 Å². The minimum atomic E-state index is -1.36. The van der Waals surface area contributed by atoms with Crippen LogP contribution in [0, 0.1) is 9.39 Å². The molecule has 0 atom stereocenters. The van der Waals surface area contributed by atoms with Crippen LogP contribution in [0.25, 0.3) is 0 Å². The Bertz CT molecular complexity index is 489. The van der Waals surface area contributed by atoms with E-state index in [2.05, 4.69) is 5.32 Å². The number of hydrogen-bond acceptors (Lipinski definition) is 3. The Balaban J connectivity index is 3.17. The SMILES string of the molecule is O=CCC(=O)Nc1c(F)cc(I)cc1C(=O)O. The van der Waals surface area contributed by atoms with Crippen molar-refractivity contribution in [1.82, 2.24) is 0 Å². The molecular formula is C10H7FINO4. The van der Waals surface area contributed by atoms with Crippen LogP contribution >= 0.6 is 22.6 Å². The first-order chi connectivity index (χ1) is 7.95. The van der Waals surface area contributed by atoms with Crippen LogP contribution in [-0.2, 0) is 9.59 Å². The van der Waals surface area contributed by atoms with Gasteiger partial charge in [0.1, 0.15) is 12.1 Å². The molecule has 5 nitrogen and oxygen atoms in total. The summed E-state index contributed by atoms with van der Waals surface area (Å²) in [6.07, 6.45) is -0.106. The Labute approximate surface area is 109 Å². The van der Waals surface area contributed by atoms with Crippen molar-refractivity contribution in [2.45, 2.75) is 6.42 Å². The predicted octanol–water partition coefficient (Wildman–Crippen LogP) is 1.66. The second-order valence-electron chi connectivity index (χ2n) is 3.03. The van der Waals surface area contributed by atoms with Crippen LogP contribution < -0.4 is 5.32 Å². The molecule has 0 fully saturated rings. The number of carbonyl (C=O) groups is 3. The van der Waals surface area contributed by atoms with Crippen molar-refractivity contribution in [2.24, 2.45) is 0 Å². The number of anilines is 1. The number of nitrogens with one attached hydrogen (secondary N) is 1. The first kappa shape index (κ1) is 13.6. The van der Waals surface area contributed by atoms with E-state index in [1.807, 2.05) is 0 Å². The lowest BCUT2D eigenvalue weighted by Gasteiger charge is -2.09. The summed E-state index contributed by atoms with van der Waals surface area (Å²) in [5, 5.41) is 10.9. The highest BCUT2D eigenvalue weighted by Gasteiger charge is 2.17. The van der Waals surface area contributed by atoms with Crippen molar-refractivity contribution in [3.8, 4) is 0 Å². The smallest absolute Gasteiger partial charge is 0.337 e. The molecule has 1 amide bonds. The molecular weight excluding hydrogens is 344 g/mol. The fourth-order valence-electron chi connectivity index (χ4n) is 1.14. The van der Waals surface area contributed by atoms with Crippen molar-refractivity contribution < 1.29 is 23.9 Å². The number of halogens is 2. The van der Waals surface area contributed by atoms with Crippen LogP contribution in [0.1, 0.15) is 16.8 Å². The van der Waals surface area contributed by atoms with E-state index >= 15 is 0 Å². The van der Waals surface area contributed by atoms with Crippen molar-refractivity contribution in [2.75, 3.05) is 5.32 Å². The van der Waals surface area contributed by atoms with Crippen molar-refractivity contribution in [3.63, 3.8) is 0 Å². The number of aromatic carboxylic acids is 1. The lowest BCUT2D eigenvalue weighted by Crippen LogP contribution is -2.16. The lowest BCUT2D eigenvalue weighted by molar-refractivity contribution is -0.120. The molecule has 1 aromatic rings. The predicted molar refractivity (Wildman–Crippen MR) is 65.4 cm³/mol. The highest BCUT2D eigenvalue weighted by Crippen LogP contribution is 2.23. The van der Waals surface area contributed by atoms with Crippen LogP contribution in [0.2, 0.25) is 0 Å². The first-order valence-corrected chi connectivity index (χ1v) is 5.49. The summed E-state index contributed by atoms with van der Waals surface area (Å²) in [7, 11) is 0. The number of carbonyl (C=O) groups excluding carboxylic acids is 2. The van der Waals surface area contributed by atoms with E-state index in [4.69, 9.17) is 5.11 Å². The zero-order chi connectivity index (χ0) is 13.0. The summed E-state index contributed by atoms with van der Waals surface area (Å²) in [5.74, 6) is -2.97. The quantitative estimate of drug-likeness (QED) is 0.491. The van der Waals surface area contributed by atoms with Crippen LogP contribution in [0.15, 0.2) is 12.1 Å². The van der Waals surface area contributed by atoms with Gasteiger partial charge in [0.25, 0.3) is 0 Å². The zero-order valence-electron chi connectivity index (χ0n) is 8.37.